The van der Waals surface area contributed by atoms with E-state index in [1.807, 2.05) is 38.3 Å². The maximum Gasteiger partial charge on any atom is 0.407 e. The molecule has 122 valence electrons. The summed E-state index contributed by atoms with van der Waals surface area (Å²) in [7, 11) is 0. The highest BCUT2D eigenvalue weighted by atomic mass is 32.1. The van der Waals surface area contributed by atoms with Gasteiger partial charge in [0.25, 0.3) is 0 Å². The van der Waals surface area contributed by atoms with Gasteiger partial charge in [-0.25, -0.2) is 4.79 Å². The quantitative estimate of drug-likeness (QED) is 0.894. The van der Waals surface area contributed by atoms with E-state index in [1.54, 1.807) is 11.3 Å². The molecule has 1 aliphatic rings. The lowest BCUT2D eigenvalue weighted by molar-refractivity contribution is -0.125. The van der Waals surface area contributed by atoms with Crippen LogP contribution in [0.15, 0.2) is 17.5 Å². The predicted molar refractivity (Wildman–Crippen MR) is 86.7 cm³/mol. The molecule has 2 N–H and O–H groups in total. The fourth-order valence-electron chi connectivity index (χ4n) is 2.56. The summed E-state index contributed by atoms with van der Waals surface area (Å²) in [4.78, 5) is 25.0. The molecule has 0 bridgehead atoms. The Morgan fingerprint density at radius 3 is 2.77 bits per heavy atom. The van der Waals surface area contributed by atoms with Crippen LogP contribution in [0.3, 0.4) is 0 Å². The smallest absolute Gasteiger partial charge is 0.407 e. The molecular formula is C16H24N2O3S. The van der Waals surface area contributed by atoms with Gasteiger partial charge in [0.2, 0.25) is 5.91 Å². The van der Waals surface area contributed by atoms with Crippen molar-refractivity contribution in [3.63, 3.8) is 0 Å². The van der Waals surface area contributed by atoms with E-state index >= 15 is 0 Å². The van der Waals surface area contributed by atoms with Gasteiger partial charge >= 0.3 is 6.09 Å². The van der Waals surface area contributed by atoms with Crippen LogP contribution < -0.4 is 10.6 Å². The third-order valence-electron chi connectivity index (χ3n) is 3.54. The SMILES string of the molecule is CC(C)(C)OC(=O)NC1CCC(C(=O)NCc2cccs2)C1. The van der Waals surface area contributed by atoms with Crippen molar-refractivity contribution in [1.82, 2.24) is 10.6 Å². The first-order valence-electron chi connectivity index (χ1n) is 7.63. The molecule has 0 aromatic carbocycles. The predicted octanol–water partition coefficient (Wildman–Crippen LogP) is 3.06. The summed E-state index contributed by atoms with van der Waals surface area (Å²) in [5.74, 6) is 0.0433. The highest BCUT2D eigenvalue weighted by molar-refractivity contribution is 7.09. The van der Waals surface area contributed by atoms with E-state index in [9.17, 15) is 9.59 Å². The van der Waals surface area contributed by atoms with E-state index in [-0.39, 0.29) is 17.9 Å². The lowest BCUT2D eigenvalue weighted by Crippen LogP contribution is -2.38. The molecule has 1 aromatic rings. The minimum Gasteiger partial charge on any atom is -0.444 e. The van der Waals surface area contributed by atoms with Crippen molar-refractivity contribution >= 4 is 23.3 Å². The van der Waals surface area contributed by atoms with Crippen LogP contribution in [0.4, 0.5) is 4.79 Å². The first-order valence-corrected chi connectivity index (χ1v) is 8.51. The molecule has 1 aromatic heterocycles. The van der Waals surface area contributed by atoms with Crippen LogP contribution in [0.2, 0.25) is 0 Å². The summed E-state index contributed by atoms with van der Waals surface area (Å²) >= 11 is 1.63. The minimum atomic E-state index is -0.500. The Balaban J connectivity index is 1.72. The molecule has 2 atom stereocenters. The van der Waals surface area contributed by atoms with Crippen LogP contribution in [0.25, 0.3) is 0 Å². The van der Waals surface area contributed by atoms with Crippen molar-refractivity contribution in [3.8, 4) is 0 Å². The van der Waals surface area contributed by atoms with E-state index in [0.717, 1.165) is 17.7 Å². The summed E-state index contributed by atoms with van der Waals surface area (Å²) in [5.41, 5.74) is -0.500. The van der Waals surface area contributed by atoms with Gasteiger partial charge in [-0.1, -0.05) is 6.07 Å². The Labute approximate surface area is 135 Å². The third kappa shape index (κ3) is 5.33. The molecule has 6 heteroatoms. The van der Waals surface area contributed by atoms with Gasteiger partial charge in [-0.15, -0.1) is 11.3 Å². The largest absolute Gasteiger partial charge is 0.444 e. The monoisotopic (exact) mass is 324 g/mol. The van der Waals surface area contributed by atoms with E-state index in [1.165, 1.54) is 0 Å². The summed E-state index contributed by atoms with van der Waals surface area (Å²) in [5, 5.41) is 7.82. The summed E-state index contributed by atoms with van der Waals surface area (Å²) in [6, 6.07) is 4.00. The number of carbonyl (C=O) groups excluding carboxylic acids is 2. The van der Waals surface area contributed by atoms with Gasteiger partial charge in [0.05, 0.1) is 6.54 Å². The Morgan fingerprint density at radius 2 is 2.14 bits per heavy atom. The van der Waals surface area contributed by atoms with Gasteiger partial charge in [-0.2, -0.15) is 0 Å². The van der Waals surface area contributed by atoms with E-state index in [2.05, 4.69) is 10.6 Å². The Morgan fingerprint density at radius 1 is 1.36 bits per heavy atom. The van der Waals surface area contributed by atoms with Crippen LogP contribution in [0.5, 0.6) is 0 Å². The minimum absolute atomic E-state index is 0.0207. The maximum absolute atomic E-state index is 12.2. The van der Waals surface area contributed by atoms with Gasteiger partial charge in [-0.05, 0) is 51.5 Å². The molecule has 0 saturated heterocycles. The fraction of sp³-hybridized carbons (Fsp3) is 0.625. The first-order chi connectivity index (χ1) is 10.3. The zero-order valence-corrected chi connectivity index (χ0v) is 14.2. The molecule has 22 heavy (non-hydrogen) atoms. The lowest BCUT2D eigenvalue weighted by Gasteiger charge is -2.21. The average molecular weight is 324 g/mol. The second-order valence-electron chi connectivity index (χ2n) is 6.65. The van der Waals surface area contributed by atoms with E-state index in [0.29, 0.717) is 13.0 Å². The molecule has 1 aliphatic carbocycles. The van der Waals surface area contributed by atoms with Crippen molar-refractivity contribution in [2.24, 2.45) is 5.92 Å². The molecule has 1 heterocycles. The molecule has 2 amide bonds. The third-order valence-corrected chi connectivity index (χ3v) is 4.42. The zero-order valence-electron chi connectivity index (χ0n) is 13.3. The highest BCUT2D eigenvalue weighted by Crippen LogP contribution is 2.26. The van der Waals surface area contributed by atoms with Crippen LogP contribution in [0.1, 0.15) is 44.9 Å². The number of hydrogen-bond donors (Lipinski definition) is 2. The number of thiophene rings is 1. The number of nitrogens with one attached hydrogen (secondary N) is 2. The second kappa shape index (κ2) is 7.13. The number of ether oxygens (including phenoxy) is 1. The van der Waals surface area contributed by atoms with Crippen LogP contribution in [-0.4, -0.2) is 23.6 Å². The maximum atomic E-state index is 12.2. The van der Waals surface area contributed by atoms with Crippen molar-refractivity contribution in [3.05, 3.63) is 22.4 Å². The van der Waals surface area contributed by atoms with Gasteiger partial charge in [0.1, 0.15) is 5.60 Å². The number of alkyl carbamates (subject to hydrolysis) is 1. The Kier molecular flexibility index (Phi) is 5.45. The molecule has 0 aliphatic heterocycles. The van der Waals surface area contributed by atoms with Gasteiger partial charge in [0.15, 0.2) is 0 Å². The van der Waals surface area contributed by atoms with E-state index in [4.69, 9.17) is 4.74 Å². The molecule has 2 rings (SSSR count). The normalized spacial score (nSPS) is 21.4. The van der Waals surface area contributed by atoms with Crippen LogP contribution in [0, 0.1) is 5.92 Å². The molecule has 0 spiro atoms. The Hall–Kier alpha value is -1.56. The Bertz CT molecular complexity index is 508. The molecule has 1 saturated carbocycles. The van der Waals surface area contributed by atoms with Gasteiger partial charge < -0.3 is 15.4 Å². The zero-order chi connectivity index (χ0) is 16.2. The summed E-state index contributed by atoms with van der Waals surface area (Å²) in [6.45, 7) is 6.09. The molecule has 2 unspecified atom stereocenters. The number of hydrogen-bond acceptors (Lipinski definition) is 4. The first kappa shape index (κ1) is 16.8. The highest BCUT2D eigenvalue weighted by Gasteiger charge is 2.31. The van der Waals surface area contributed by atoms with Crippen molar-refractivity contribution in [2.75, 3.05) is 0 Å². The van der Waals surface area contributed by atoms with Gasteiger partial charge in [-0.3, -0.25) is 4.79 Å². The summed E-state index contributed by atoms with van der Waals surface area (Å²) in [6.07, 6.45) is 1.89. The second-order valence-corrected chi connectivity index (χ2v) is 7.68. The van der Waals surface area contributed by atoms with Crippen molar-refractivity contribution in [2.45, 2.75) is 58.2 Å². The number of rotatable bonds is 4. The van der Waals surface area contributed by atoms with Crippen molar-refractivity contribution in [1.29, 1.82) is 0 Å². The topological polar surface area (TPSA) is 67.4 Å². The molecule has 1 fully saturated rings. The number of amides is 2. The van der Waals surface area contributed by atoms with Crippen molar-refractivity contribution < 1.29 is 14.3 Å². The summed E-state index contributed by atoms with van der Waals surface area (Å²) < 4.78 is 5.24. The number of carbonyl (C=O) groups is 2. The van der Waals surface area contributed by atoms with Crippen LogP contribution in [-0.2, 0) is 16.1 Å². The average Bonchev–Trinajstić information content (AvgIpc) is 3.04. The fourth-order valence-corrected chi connectivity index (χ4v) is 3.20. The van der Waals surface area contributed by atoms with Gasteiger partial charge in [0, 0.05) is 16.8 Å². The lowest BCUT2D eigenvalue weighted by atomic mass is 10.1. The van der Waals surface area contributed by atoms with E-state index < -0.39 is 11.7 Å². The molecular weight excluding hydrogens is 300 g/mol. The standard InChI is InChI=1S/C16H24N2O3S/c1-16(2,3)21-15(20)18-12-7-6-11(9-12)14(19)17-10-13-5-4-8-22-13/h4-5,8,11-12H,6-7,9-10H2,1-3H3,(H,17,19)(H,18,20). The molecule has 0 radical (unpaired) electrons. The van der Waals surface area contributed by atoms with Crippen LogP contribution >= 0.6 is 11.3 Å². The molecule has 5 nitrogen and oxygen atoms in total.